The first-order chi connectivity index (χ1) is 8.20. The van der Waals surface area contributed by atoms with Crippen LogP contribution in [0.25, 0.3) is 0 Å². The second-order valence-corrected chi connectivity index (χ2v) is 5.38. The Morgan fingerprint density at radius 2 is 2.12 bits per heavy atom. The lowest BCUT2D eigenvalue weighted by molar-refractivity contribution is 0.145. The van der Waals surface area contributed by atoms with Gasteiger partial charge < -0.3 is 15.3 Å². The summed E-state index contributed by atoms with van der Waals surface area (Å²) in [6.07, 6.45) is 1.63. The summed E-state index contributed by atoms with van der Waals surface area (Å²) in [6.45, 7) is 2.76. The maximum atomic E-state index is 9.50. The standard InChI is InChI=1S/C13H19BrN2O/c1-15-9-10-2-3-11(8-13(10)14)16-6-4-12(17)5-7-16/h2-3,8,12,15,17H,4-7,9H2,1H3. The monoisotopic (exact) mass is 298 g/mol. The maximum absolute atomic E-state index is 9.50. The minimum absolute atomic E-state index is 0.113. The number of hydrogen-bond donors (Lipinski definition) is 2. The summed E-state index contributed by atoms with van der Waals surface area (Å²) in [4.78, 5) is 2.33. The molecule has 1 aromatic rings. The van der Waals surface area contributed by atoms with E-state index in [1.165, 1.54) is 11.3 Å². The van der Waals surface area contributed by atoms with Crippen molar-refractivity contribution in [1.29, 1.82) is 0 Å². The van der Waals surface area contributed by atoms with E-state index in [2.05, 4.69) is 44.3 Å². The van der Waals surface area contributed by atoms with Gasteiger partial charge in [-0.25, -0.2) is 0 Å². The number of halogens is 1. The van der Waals surface area contributed by atoms with Crippen LogP contribution in [-0.2, 0) is 6.54 Å². The number of piperidine rings is 1. The fourth-order valence-corrected chi connectivity index (χ4v) is 2.70. The van der Waals surface area contributed by atoms with Gasteiger partial charge in [-0.2, -0.15) is 0 Å². The molecule has 4 heteroatoms. The summed E-state index contributed by atoms with van der Waals surface area (Å²) < 4.78 is 1.15. The second-order valence-electron chi connectivity index (χ2n) is 4.52. The fourth-order valence-electron chi connectivity index (χ4n) is 2.19. The molecule has 1 aliphatic heterocycles. The first-order valence-electron chi connectivity index (χ1n) is 6.06. The zero-order valence-corrected chi connectivity index (χ0v) is 11.7. The number of aliphatic hydroxyl groups is 1. The molecule has 2 rings (SSSR count). The fraction of sp³-hybridized carbons (Fsp3) is 0.538. The molecule has 0 aromatic heterocycles. The van der Waals surface area contributed by atoms with Gasteiger partial charge in [-0.1, -0.05) is 22.0 Å². The van der Waals surface area contributed by atoms with Gasteiger partial charge >= 0.3 is 0 Å². The van der Waals surface area contributed by atoms with Crippen LogP contribution < -0.4 is 10.2 Å². The second kappa shape index (κ2) is 5.85. The lowest BCUT2D eigenvalue weighted by Gasteiger charge is -2.31. The van der Waals surface area contributed by atoms with Crippen molar-refractivity contribution in [3.05, 3.63) is 28.2 Å². The smallest absolute Gasteiger partial charge is 0.0574 e. The average Bonchev–Trinajstić information content (AvgIpc) is 2.33. The molecule has 1 aromatic carbocycles. The van der Waals surface area contributed by atoms with E-state index < -0.39 is 0 Å². The summed E-state index contributed by atoms with van der Waals surface area (Å²) in [5, 5.41) is 12.7. The number of rotatable bonds is 3. The highest BCUT2D eigenvalue weighted by molar-refractivity contribution is 9.10. The number of nitrogens with one attached hydrogen (secondary N) is 1. The van der Waals surface area contributed by atoms with Gasteiger partial charge in [0.05, 0.1) is 6.10 Å². The van der Waals surface area contributed by atoms with Crippen molar-refractivity contribution in [2.24, 2.45) is 0 Å². The Labute approximate surface area is 111 Å². The molecule has 17 heavy (non-hydrogen) atoms. The summed E-state index contributed by atoms with van der Waals surface area (Å²) in [7, 11) is 1.95. The van der Waals surface area contributed by atoms with Crippen LogP contribution in [0.5, 0.6) is 0 Å². The molecular formula is C13H19BrN2O. The number of aliphatic hydroxyl groups excluding tert-OH is 1. The molecule has 0 aliphatic carbocycles. The molecule has 3 nitrogen and oxygen atoms in total. The number of anilines is 1. The molecule has 0 amide bonds. The number of benzene rings is 1. The SMILES string of the molecule is CNCc1ccc(N2CCC(O)CC2)cc1Br. The third-order valence-corrected chi connectivity index (χ3v) is 3.97. The molecule has 0 saturated carbocycles. The molecule has 1 aliphatic rings. The Hall–Kier alpha value is -0.580. The van der Waals surface area contributed by atoms with E-state index in [1.807, 2.05) is 7.05 Å². The van der Waals surface area contributed by atoms with E-state index >= 15 is 0 Å². The van der Waals surface area contributed by atoms with Crippen LogP contribution in [0.3, 0.4) is 0 Å². The van der Waals surface area contributed by atoms with Gasteiger partial charge in [-0.05, 0) is 37.6 Å². The molecule has 1 heterocycles. The van der Waals surface area contributed by atoms with Crippen molar-refractivity contribution in [3.8, 4) is 0 Å². The molecule has 0 bridgehead atoms. The maximum Gasteiger partial charge on any atom is 0.0574 e. The van der Waals surface area contributed by atoms with Crippen LogP contribution in [-0.4, -0.2) is 31.3 Å². The highest BCUT2D eigenvalue weighted by atomic mass is 79.9. The van der Waals surface area contributed by atoms with Crippen LogP contribution in [0.1, 0.15) is 18.4 Å². The molecule has 1 saturated heterocycles. The minimum atomic E-state index is -0.113. The van der Waals surface area contributed by atoms with Gasteiger partial charge in [-0.3, -0.25) is 0 Å². The van der Waals surface area contributed by atoms with Crippen molar-refractivity contribution in [2.75, 3.05) is 25.0 Å². The molecule has 94 valence electrons. The summed E-state index contributed by atoms with van der Waals surface area (Å²) in [5.74, 6) is 0. The Morgan fingerprint density at radius 1 is 1.41 bits per heavy atom. The van der Waals surface area contributed by atoms with Crippen molar-refractivity contribution < 1.29 is 5.11 Å². The highest BCUT2D eigenvalue weighted by Crippen LogP contribution is 2.26. The van der Waals surface area contributed by atoms with Gasteiger partial charge in [-0.15, -0.1) is 0 Å². The van der Waals surface area contributed by atoms with Crippen LogP contribution in [0.2, 0.25) is 0 Å². The third-order valence-electron chi connectivity index (χ3n) is 3.23. The van der Waals surface area contributed by atoms with Crippen molar-refractivity contribution >= 4 is 21.6 Å². The van der Waals surface area contributed by atoms with E-state index in [1.54, 1.807) is 0 Å². The van der Waals surface area contributed by atoms with Crippen LogP contribution in [0, 0.1) is 0 Å². The highest BCUT2D eigenvalue weighted by Gasteiger charge is 2.17. The lowest BCUT2D eigenvalue weighted by atomic mass is 10.1. The zero-order chi connectivity index (χ0) is 12.3. The molecular weight excluding hydrogens is 280 g/mol. The van der Waals surface area contributed by atoms with Crippen molar-refractivity contribution in [1.82, 2.24) is 5.32 Å². The van der Waals surface area contributed by atoms with E-state index in [9.17, 15) is 5.11 Å². The Bertz CT molecular complexity index is 376. The number of nitrogens with zero attached hydrogens (tertiary/aromatic N) is 1. The summed E-state index contributed by atoms with van der Waals surface area (Å²) in [6, 6.07) is 6.49. The summed E-state index contributed by atoms with van der Waals surface area (Å²) >= 11 is 3.61. The lowest BCUT2D eigenvalue weighted by Crippen LogP contribution is -2.35. The van der Waals surface area contributed by atoms with Gasteiger partial charge in [0, 0.05) is 29.8 Å². The topological polar surface area (TPSA) is 35.5 Å². The van der Waals surface area contributed by atoms with E-state index in [4.69, 9.17) is 0 Å². The predicted octanol–water partition coefficient (Wildman–Crippen LogP) is 2.13. The predicted molar refractivity (Wildman–Crippen MR) is 74.4 cm³/mol. The Balaban J connectivity index is 2.09. The zero-order valence-electron chi connectivity index (χ0n) is 10.1. The third kappa shape index (κ3) is 3.21. The van der Waals surface area contributed by atoms with Crippen LogP contribution in [0.15, 0.2) is 22.7 Å². The summed E-state index contributed by atoms with van der Waals surface area (Å²) in [5.41, 5.74) is 2.51. The van der Waals surface area contributed by atoms with Gasteiger partial charge in [0.15, 0.2) is 0 Å². The molecule has 1 fully saturated rings. The van der Waals surface area contributed by atoms with E-state index in [-0.39, 0.29) is 6.10 Å². The molecule has 0 atom stereocenters. The molecule has 0 unspecified atom stereocenters. The Morgan fingerprint density at radius 3 is 2.71 bits per heavy atom. The quantitative estimate of drug-likeness (QED) is 0.897. The number of hydrogen-bond acceptors (Lipinski definition) is 3. The first kappa shape index (κ1) is 12.9. The Kier molecular flexibility index (Phi) is 4.42. The van der Waals surface area contributed by atoms with E-state index in [0.717, 1.165) is 36.9 Å². The molecule has 0 radical (unpaired) electrons. The van der Waals surface area contributed by atoms with Crippen molar-refractivity contribution in [3.63, 3.8) is 0 Å². The van der Waals surface area contributed by atoms with Crippen LogP contribution >= 0.6 is 15.9 Å². The first-order valence-corrected chi connectivity index (χ1v) is 6.86. The van der Waals surface area contributed by atoms with E-state index in [0.29, 0.717) is 0 Å². The van der Waals surface area contributed by atoms with Crippen LogP contribution in [0.4, 0.5) is 5.69 Å². The van der Waals surface area contributed by atoms with Gasteiger partial charge in [0.25, 0.3) is 0 Å². The average molecular weight is 299 g/mol. The van der Waals surface area contributed by atoms with Crippen molar-refractivity contribution in [2.45, 2.75) is 25.5 Å². The molecule has 0 spiro atoms. The molecule has 2 N–H and O–H groups in total. The largest absolute Gasteiger partial charge is 0.393 e. The normalized spacial score (nSPS) is 17.5. The van der Waals surface area contributed by atoms with Gasteiger partial charge in [0.2, 0.25) is 0 Å². The van der Waals surface area contributed by atoms with Gasteiger partial charge in [0.1, 0.15) is 0 Å². The minimum Gasteiger partial charge on any atom is -0.393 e.